The molecule has 2 fully saturated rings. The first-order valence-electron chi connectivity index (χ1n) is 11.9. The fraction of sp³-hybridized carbons (Fsp3) is 0.583. The van der Waals surface area contributed by atoms with Gasteiger partial charge in [-0.3, -0.25) is 4.79 Å². The van der Waals surface area contributed by atoms with E-state index in [1.165, 1.54) is 25.3 Å². The molecule has 0 spiro atoms. The van der Waals surface area contributed by atoms with Gasteiger partial charge in [-0.2, -0.15) is 4.98 Å². The van der Waals surface area contributed by atoms with Gasteiger partial charge in [0.15, 0.2) is 0 Å². The number of amides is 3. The number of carbonyl (C=O) groups excluding carboxylic acids is 2. The number of urea groups is 1. The number of carbonyl (C=O) groups is 2. The zero-order valence-corrected chi connectivity index (χ0v) is 19.1. The number of hydrogen-bond acceptors (Lipinski definition) is 5. The van der Waals surface area contributed by atoms with Crippen molar-refractivity contribution in [3.8, 4) is 11.4 Å². The third kappa shape index (κ3) is 6.30. The lowest BCUT2D eigenvalue weighted by Crippen LogP contribution is -2.51. The van der Waals surface area contributed by atoms with Crippen LogP contribution >= 0.6 is 0 Å². The number of aromatic nitrogens is 2. The second-order valence-corrected chi connectivity index (χ2v) is 9.09. The number of nitrogens with zero attached hydrogens (tertiary/aromatic N) is 3. The predicted octanol–water partition coefficient (Wildman–Crippen LogP) is 3.74. The maximum atomic E-state index is 13.4. The molecule has 33 heavy (non-hydrogen) atoms. The molecule has 1 saturated carbocycles. The Labute approximate surface area is 193 Å². The molecule has 8 nitrogen and oxygen atoms in total. The molecule has 1 aliphatic heterocycles. The van der Waals surface area contributed by atoms with Gasteiger partial charge in [0.25, 0.3) is 0 Å². The van der Waals surface area contributed by atoms with Crippen molar-refractivity contribution >= 4 is 11.9 Å². The lowest BCUT2D eigenvalue weighted by molar-refractivity contribution is -0.122. The standard InChI is InChI=1S/C24H32FN5O3/c1-16-15-17(7-8-20(16)25)23-28-22(33-29-23)10-9-21(31)26-19-11-13-30(14-12-19)24(32)27-18-5-3-2-4-6-18/h7-8,15,18-19H,2-6,9-14H2,1H3,(H,26,31)(H,27,32). The van der Waals surface area contributed by atoms with Crippen molar-refractivity contribution in [2.75, 3.05) is 13.1 Å². The number of hydrogen-bond donors (Lipinski definition) is 2. The molecule has 1 aromatic carbocycles. The molecule has 4 rings (SSSR count). The van der Waals surface area contributed by atoms with Gasteiger partial charge in [-0.1, -0.05) is 24.4 Å². The van der Waals surface area contributed by atoms with E-state index in [1.807, 2.05) is 4.90 Å². The molecular weight excluding hydrogens is 425 g/mol. The van der Waals surface area contributed by atoms with Crippen molar-refractivity contribution in [1.82, 2.24) is 25.7 Å². The zero-order chi connectivity index (χ0) is 23.2. The van der Waals surface area contributed by atoms with Crippen LogP contribution in [-0.4, -0.2) is 52.2 Å². The number of likely N-dealkylation sites (tertiary alicyclic amines) is 1. The van der Waals surface area contributed by atoms with E-state index in [2.05, 4.69) is 20.8 Å². The summed E-state index contributed by atoms with van der Waals surface area (Å²) in [5, 5.41) is 10.1. The second kappa shape index (κ2) is 10.8. The Morgan fingerprint density at radius 1 is 1.09 bits per heavy atom. The van der Waals surface area contributed by atoms with Gasteiger partial charge in [-0.25, -0.2) is 9.18 Å². The summed E-state index contributed by atoms with van der Waals surface area (Å²) in [5.41, 5.74) is 1.18. The molecule has 0 atom stereocenters. The lowest BCUT2D eigenvalue weighted by Gasteiger charge is -2.34. The SMILES string of the molecule is Cc1cc(-c2noc(CCC(=O)NC3CCN(C(=O)NC4CCCCC4)CC3)n2)ccc1F. The summed E-state index contributed by atoms with van der Waals surface area (Å²) in [5.74, 6) is 0.399. The molecule has 1 aliphatic carbocycles. The summed E-state index contributed by atoms with van der Waals surface area (Å²) in [6.07, 6.45) is 7.86. The minimum absolute atomic E-state index is 0.0234. The molecule has 178 valence electrons. The smallest absolute Gasteiger partial charge is 0.317 e. The fourth-order valence-electron chi connectivity index (χ4n) is 4.52. The summed E-state index contributed by atoms with van der Waals surface area (Å²) in [6, 6.07) is 5.04. The average Bonchev–Trinajstić information content (AvgIpc) is 3.30. The topological polar surface area (TPSA) is 100 Å². The number of benzene rings is 1. The van der Waals surface area contributed by atoms with Crippen LogP contribution in [0.25, 0.3) is 11.4 Å². The van der Waals surface area contributed by atoms with Crippen molar-refractivity contribution in [1.29, 1.82) is 0 Å². The summed E-state index contributed by atoms with van der Waals surface area (Å²) in [7, 11) is 0. The first kappa shape index (κ1) is 23.2. The van der Waals surface area contributed by atoms with E-state index in [1.54, 1.807) is 19.1 Å². The Hall–Kier alpha value is -2.97. The monoisotopic (exact) mass is 457 g/mol. The van der Waals surface area contributed by atoms with Crippen LogP contribution in [-0.2, 0) is 11.2 Å². The normalized spacial score (nSPS) is 17.7. The lowest BCUT2D eigenvalue weighted by atomic mass is 9.95. The van der Waals surface area contributed by atoms with E-state index < -0.39 is 0 Å². The summed E-state index contributed by atoms with van der Waals surface area (Å²) in [6.45, 7) is 2.97. The van der Waals surface area contributed by atoms with Gasteiger partial charge in [0.1, 0.15) is 5.82 Å². The van der Waals surface area contributed by atoms with E-state index in [0.29, 0.717) is 48.4 Å². The van der Waals surface area contributed by atoms with Gasteiger partial charge < -0.3 is 20.1 Å². The van der Waals surface area contributed by atoms with Crippen LogP contribution in [0.1, 0.15) is 62.8 Å². The number of piperidine rings is 1. The highest BCUT2D eigenvalue weighted by Gasteiger charge is 2.26. The minimum atomic E-state index is -0.283. The van der Waals surface area contributed by atoms with E-state index in [0.717, 1.165) is 25.7 Å². The highest BCUT2D eigenvalue weighted by molar-refractivity contribution is 5.77. The van der Waals surface area contributed by atoms with Crippen LogP contribution in [0.4, 0.5) is 9.18 Å². The number of rotatable bonds is 6. The van der Waals surface area contributed by atoms with E-state index in [9.17, 15) is 14.0 Å². The third-order valence-electron chi connectivity index (χ3n) is 6.53. The highest BCUT2D eigenvalue weighted by Crippen LogP contribution is 2.20. The molecular formula is C24H32FN5O3. The Bertz CT molecular complexity index is 965. The number of nitrogens with one attached hydrogen (secondary N) is 2. The van der Waals surface area contributed by atoms with E-state index in [4.69, 9.17) is 4.52 Å². The van der Waals surface area contributed by atoms with Crippen molar-refractivity contribution in [3.63, 3.8) is 0 Å². The van der Waals surface area contributed by atoms with Crippen molar-refractivity contribution in [2.24, 2.45) is 0 Å². The van der Waals surface area contributed by atoms with Gasteiger partial charge in [0, 0.05) is 43.6 Å². The number of aryl methyl sites for hydroxylation is 2. The van der Waals surface area contributed by atoms with Crippen LogP contribution in [0.15, 0.2) is 22.7 Å². The highest BCUT2D eigenvalue weighted by atomic mass is 19.1. The molecule has 1 saturated heterocycles. The second-order valence-electron chi connectivity index (χ2n) is 9.09. The van der Waals surface area contributed by atoms with Crippen molar-refractivity contribution < 1.29 is 18.5 Å². The van der Waals surface area contributed by atoms with Gasteiger partial charge in [0.2, 0.25) is 17.6 Å². The summed E-state index contributed by atoms with van der Waals surface area (Å²) < 4.78 is 18.7. The van der Waals surface area contributed by atoms with Gasteiger partial charge in [-0.05, 0) is 56.4 Å². The molecule has 2 N–H and O–H groups in total. The average molecular weight is 458 g/mol. The molecule has 0 radical (unpaired) electrons. The first-order chi connectivity index (χ1) is 16.0. The first-order valence-corrected chi connectivity index (χ1v) is 11.9. The molecule has 3 amide bonds. The summed E-state index contributed by atoms with van der Waals surface area (Å²) >= 11 is 0. The Morgan fingerprint density at radius 2 is 1.82 bits per heavy atom. The Kier molecular flexibility index (Phi) is 7.57. The summed E-state index contributed by atoms with van der Waals surface area (Å²) in [4.78, 5) is 31.0. The molecule has 2 aromatic rings. The molecule has 0 unspecified atom stereocenters. The maximum absolute atomic E-state index is 13.4. The van der Waals surface area contributed by atoms with Gasteiger partial charge in [-0.15, -0.1) is 0 Å². The quantitative estimate of drug-likeness (QED) is 0.688. The molecule has 9 heteroatoms. The van der Waals surface area contributed by atoms with Crippen LogP contribution in [0.2, 0.25) is 0 Å². The van der Waals surface area contributed by atoms with Crippen molar-refractivity contribution in [3.05, 3.63) is 35.5 Å². The molecule has 2 heterocycles. The predicted molar refractivity (Wildman–Crippen MR) is 121 cm³/mol. The van der Waals surface area contributed by atoms with Gasteiger partial charge >= 0.3 is 6.03 Å². The molecule has 1 aromatic heterocycles. The van der Waals surface area contributed by atoms with Crippen LogP contribution in [0, 0.1) is 12.7 Å². The fourth-order valence-corrected chi connectivity index (χ4v) is 4.52. The zero-order valence-electron chi connectivity index (χ0n) is 19.1. The van der Waals surface area contributed by atoms with Crippen LogP contribution < -0.4 is 10.6 Å². The van der Waals surface area contributed by atoms with Crippen LogP contribution in [0.3, 0.4) is 0 Å². The maximum Gasteiger partial charge on any atom is 0.317 e. The third-order valence-corrected chi connectivity index (χ3v) is 6.53. The van der Waals surface area contributed by atoms with Crippen LogP contribution in [0.5, 0.6) is 0 Å². The molecule has 0 bridgehead atoms. The van der Waals surface area contributed by atoms with Gasteiger partial charge in [0.05, 0.1) is 0 Å². The number of halogens is 1. The minimum Gasteiger partial charge on any atom is -0.353 e. The van der Waals surface area contributed by atoms with E-state index >= 15 is 0 Å². The molecule has 2 aliphatic rings. The largest absolute Gasteiger partial charge is 0.353 e. The Morgan fingerprint density at radius 3 is 2.55 bits per heavy atom. The Balaban J connectivity index is 1.17. The van der Waals surface area contributed by atoms with E-state index in [-0.39, 0.29) is 30.2 Å². The van der Waals surface area contributed by atoms with Crippen molar-refractivity contribution in [2.45, 2.75) is 76.8 Å².